The van der Waals surface area contributed by atoms with Gasteiger partial charge < -0.3 is 20.1 Å². The van der Waals surface area contributed by atoms with E-state index in [4.69, 9.17) is 9.47 Å². The molecule has 1 unspecified atom stereocenters. The highest BCUT2D eigenvalue weighted by molar-refractivity contribution is 5.67. The van der Waals surface area contributed by atoms with E-state index in [-0.39, 0.29) is 6.04 Å². The fourth-order valence-corrected chi connectivity index (χ4v) is 1.85. The van der Waals surface area contributed by atoms with Gasteiger partial charge in [-0.1, -0.05) is 30.9 Å². The minimum atomic E-state index is -0.484. The lowest BCUT2D eigenvalue weighted by Crippen LogP contribution is -2.41. The quantitative estimate of drug-likeness (QED) is 0.722. The molecule has 1 amide bonds. The molecule has 0 saturated carbocycles. The summed E-state index contributed by atoms with van der Waals surface area (Å²) < 4.78 is 10.8. The zero-order valence-electron chi connectivity index (χ0n) is 14.5. The molecule has 0 bridgehead atoms. The van der Waals surface area contributed by atoms with E-state index in [0.29, 0.717) is 19.7 Å². The highest BCUT2D eigenvalue weighted by Gasteiger charge is 2.16. The van der Waals surface area contributed by atoms with Crippen molar-refractivity contribution in [1.29, 1.82) is 0 Å². The van der Waals surface area contributed by atoms with E-state index in [1.54, 1.807) is 6.08 Å². The first-order valence-electron chi connectivity index (χ1n) is 7.83. The summed E-state index contributed by atoms with van der Waals surface area (Å²) in [6.07, 6.45) is 1.32. The predicted octanol–water partition coefficient (Wildman–Crippen LogP) is 3.25. The van der Waals surface area contributed by atoms with Crippen molar-refractivity contribution >= 4 is 6.09 Å². The number of benzene rings is 1. The molecule has 23 heavy (non-hydrogen) atoms. The maximum Gasteiger partial charge on any atom is 0.407 e. The van der Waals surface area contributed by atoms with Gasteiger partial charge in [-0.2, -0.15) is 0 Å². The lowest BCUT2D eigenvalue weighted by molar-refractivity contribution is 0.0523. The molecule has 128 valence electrons. The molecule has 0 aliphatic rings. The molecule has 1 atom stereocenters. The maximum absolute atomic E-state index is 11.6. The van der Waals surface area contributed by atoms with Crippen LogP contribution < -0.4 is 15.4 Å². The second-order valence-corrected chi connectivity index (χ2v) is 6.37. The van der Waals surface area contributed by atoms with Gasteiger partial charge in [-0.05, 0) is 33.8 Å². The lowest BCUT2D eigenvalue weighted by atomic mass is 10.2. The van der Waals surface area contributed by atoms with Crippen molar-refractivity contribution in [3.05, 3.63) is 42.5 Å². The third-order valence-corrected chi connectivity index (χ3v) is 2.92. The number of carbonyl (C=O) groups is 1. The van der Waals surface area contributed by atoms with Crippen molar-refractivity contribution in [1.82, 2.24) is 10.6 Å². The minimum Gasteiger partial charge on any atom is -0.489 e. The van der Waals surface area contributed by atoms with Crippen LogP contribution in [0, 0.1) is 0 Å². The van der Waals surface area contributed by atoms with Crippen molar-refractivity contribution < 1.29 is 14.3 Å². The summed E-state index contributed by atoms with van der Waals surface area (Å²) in [5, 5.41) is 6.11. The number of nitrogens with one attached hydrogen (secondary N) is 2. The fraction of sp³-hybridized carbons (Fsp3) is 0.500. The summed E-state index contributed by atoms with van der Waals surface area (Å²) in [7, 11) is 0. The summed E-state index contributed by atoms with van der Waals surface area (Å²) in [6.45, 7) is 12.8. The number of para-hydroxylation sites is 1. The second-order valence-electron chi connectivity index (χ2n) is 6.37. The Morgan fingerprint density at radius 3 is 2.70 bits per heavy atom. The Morgan fingerprint density at radius 1 is 1.35 bits per heavy atom. The Bertz CT molecular complexity index is 509. The average Bonchev–Trinajstić information content (AvgIpc) is 2.48. The number of hydrogen-bond acceptors (Lipinski definition) is 4. The molecule has 0 aliphatic heterocycles. The molecular weight excluding hydrogens is 292 g/mol. The van der Waals surface area contributed by atoms with Crippen molar-refractivity contribution in [2.24, 2.45) is 0 Å². The van der Waals surface area contributed by atoms with E-state index in [0.717, 1.165) is 11.3 Å². The first-order valence-corrected chi connectivity index (χ1v) is 7.83. The summed E-state index contributed by atoms with van der Waals surface area (Å²) in [5.41, 5.74) is 0.584. The van der Waals surface area contributed by atoms with Gasteiger partial charge in [0.25, 0.3) is 0 Å². The smallest absolute Gasteiger partial charge is 0.407 e. The van der Waals surface area contributed by atoms with E-state index >= 15 is 0 Å². The lowest BCUT2D eigenvalue weighted by Gasteiger charge is -2.21. The van der Waals surface area contributed by atoms with Crippen molar-refractivity contribution in [2.75, 3.05) is 13.2 Å². The number of alkyl carbamates (subject to hydrolysis) is 1. The van der Waals surface area contributed by atoms with Crippen LogP contribution in [0.25, 0.3) is 0 Å². The summed E-state index contributed by atoms with van der Waals surface area (Å²) >= 11 is 0. The Labute approximate surface area is 139 Å². The SMILES string of the molecule is C=CCOc1ccccc1CNC(C)CNC(=O)OC(C)(C)C. The largest absolute Gasteiger partial charge is 0.489 e. The van der Waals surface area contributed by atoms with E-state index in [1.165, 1.54) is 0 Å². The van der Waals surface area contributed by atoms with Gasteiger partial charge in [-0.25, -0.2) is 4.79 Å². The molecule has 0 radical (unpaired) electrons. The number of rotatable bonds is 8. The van der Waals surface area contributed by atoms with Crippen LogP contribution in [0.4, 0.5) is 4.79 Å². The molecule has 0 fully saturated rings. The van der Waals surface area contributed by atoms with Gasteiger partial charge in [-0.3, -0.25) is 0 Å². The van der Waals surface area contributed by atoms with Gasteiger partial charge in [0.05, 0.1) is 0 Å². The van der Waals surface area contributed by atoms with Crippen LogP contribution in [0.2, 0.25) is 0 Å². The van der Waals surface area contributed by atoms with Crippen LogP contribution in [0.5, 0.6) is 5.75 Å². The van der Waals surface area contributed by atoms with E-state index in [1.807, 2.05) is 52.0 Å². The van der Waals surface area contributed by atoms with Crippen molar-refractivity contribution in [3.8, 4) is 5.75 Å². The highest BCUT2D eigenvalue weighted by Crippen LogP contribution is 2.17. The van der Waals surface area contributed by atoms with Crippen LogP contribution in [0.1, 0.15) is 33.3 Å². The van der Waals surface area contributed by atoms with E-state index in [9.17, 15) is 4.79 Å². The van der Waals surface area contributed by atoms with Gasteiger partial charge in [0.2, 0.25) is 0 Å². The van der Waals surface area contributed by atoms with Crippen LogP contribution in [-0.4, -0.2) is 30.9 Å². The molecule has 0 aromatic heterocycles. The van der Waals surface area contributed by atoms with Crippen molar-refractivity contribution in [2.45, 2.75) is 45.9 Å². The van der Waals surface area contributed by atoms with E-state index in [2.05, 4.69) is 17.2 Å². The predicted molar refractivity (Wildman–Crippen MR) is 92.7 cm³/mol. The molecule has 0 aliphatic carbocycles. The standard InChI is InChI=1S/C18H28N2O3/c1-6-11-22-16-10-8-7-9-15(16)13-19-14(2)12-20-17(21)23-18(3,4)5/h6-10,14,19H,1,11-13H2,2-5H3,(H,20,21). The van der Waals surface area contributed by atoms with Crippen LogP contribution in [0.15, 0.2) is 36.9 Å². The molecule has 1 aromatic carbocycles. The highest BCUT2D eigenvalue weighted by atomic mass is 16.6. The molecule has 5 nitrogen and oxygen atoms in total. The zero-order valence-corrected chi connectivity index (χ0v) is 14.5. The van der Waals surface area contributed by atoms with Gasteiger partial charge in [-0.15, -0.1) is 0 Å². The Balaban J connectivity index is 2.40. The average molecular weight is 320 g/mol. The first kappa shape index (κ1) is 19.0. The second kappa shape index (κ2) is 9.20. The van der Waals surface area contributed by atoms with Gasteiger partial charge >= 0.3 is 6.09 Å². The molecular formula is C18H28N2O3. The Kier molecular flexibility index (Phi) is 7.62. The topological polar surface area (TPSA) is 59.6 Å². The van der Waals surface area contributed by atoms with E-state index < -0.39 is 11.7 Å². The number of hydrogen-bond donors (Lipinski definition) is 2. The van der Waals surface area contributed by atoms with Crippen LogP contribution in [-0.2, 0) is 11.3 Å². The molecule has 5 heteroatoms. The molecule has 0 heterocycles. The molecule has 0 saturated heterocycles. The van der Waals surface area contributed by atoms with Gasteiger partial charge in [0.15, 0.2) is 0 Å². The molecule has 1 rings (SSSR count). The third kappa shape index (κ3) is 8.26. The number of carbonyl (C=O) groups excluding carboxylic acids is 1. The normalized spacial score (nSPS) is 12.3. The maximum atomic E-state index is 11.6. The molecule has 0 spiro atoms. The van der Waals surface area contributed by atoms with Gasteiger partial charge in [0, 0.05) is 24.7 Å². The summed E-state index contributed by atoms with van der Waals surface area (Å²) in [5.74, 6) is 0.840. The van der Waals surface area contributed by atoms with Crippen molar-refractivity contribution in [3.63, 3.8) is 0 Å². The zero-order chi connectivity index (χ0) is 17.3. The molecule has 2 N–H and O–H groups in total. The Hall–Kier alpha value is -2.01. The number of ether oxygens (including phenoxy) is 2. The Morgan fingerprint density at radius 2 is 2.04 bits per heavy atom. The summed E-state index contributed by atoms with van der Waals surface area (Å²) in [4.78, 5) is 11.6. The summed E-state index contributed by atoms with van der Waals surface area (Å²) in [6, 6.07) is 7.97. The van der Waals surface area contributed by atoms with Gasteiger partial charge in [0.1, 0.15) is 18.0 Å². The van der Waals surface area contributed by atoms with Crippen LogP contribution >= 0.6 is 0 Å². The first-order chi connectivity index (χ1) is 10.8. The fourth-order valence-electron chi connectivity index (χ4n) is 1.85. The monoisotopic (exact) mass is 320 g/mol. The minimum absolute atomic E-state index is 0.106. The number of amides is 1. The third-order valence-electron chi connectivity index (χ3n) is 2.92. The molecule has 1 aromatic rings. The van der Waals surface area contributed by atoms with Crippen LogP contribution in [0.3, 0.4) is 0 Å².